The predicted molar refractivity (Wildman–Crippen MR) is 134 cm³/mol. The third kappa shape index (κ3) is 9.02. The number of nitrogens with one attached hydrogen (secondary N) is 2. The van der Waals surface area contributed by atoms with E-state index in [1.807, 2.05) is 48.5 Å². The van der Waals surface area contributed by atoms with Crippen LogP contribution in [0.1, 0.15) is 27.9 Å². The van der Waals surface area contributed by atoms with Gasteiger partial charge in [-0.3, -0.25) is 9.79 Å². The summed E-state index contributed by atoms with van der Waals surface area (Å²) in [6.45, 7) is 4.23. The standard InChI is InChI=1S/C23H32N4O2.HI/c1-18-9-11-21(12-10-18)29-16-6-14-25-23(24-2)26-15-13-19-7-5-8-20(17-19)22(28)27(3)4;/h5,7-12,17H,6,13-16H2,1-4H3,(H2,24,25,26);1H. The van der Waals surface area contributed by atoms with Crippen LogP contribution in [0.5, 0.6) is 5.75 Å². The molecule has 2 rings (SSSR count). The van der Waals surface area contributed by atoms with E-state index < -0.39 is 0 Å². The normalized spacial score (nSPS) is 10.7. The molecule has 164 valence electrons. The van der Waals surface area contributed by atoms with Gasteiger partial charge >= 0.3 is 0 Å². The third-order valence-corrected chi connectivity index (χ3v) is 4.41. The van der Waals surface area contributed by atoms with E-state index in [1.165, 1.54) is 5.56 Å². The molecule has 0 fully saturated rings. The largest absolute Gasteiger partial charge is 0.494 e. The SMILES string of the molecule is CN=C(NCCCOc1ccc(C)cc1)NCCc1cccc(C(=O)N(C)C)c1.I. The van der Waals surface area contributed by atoms with Crippen LogP contribution in [0.3, 0.4) is 0 Å². The number of ether oxygens (including phenoxy) is 1. The van der Waals surface area contributed by atoms with Gasteiger partial charge < -0.3 is 20.3 Å². The fourth-order valence-corrected chi connectivity index (χ4v) is 2.77. The van der Waals surface area contributed by atoms with Gasteiger partial charge in [-0.2, -0.15) is 0 Å². The highest BCUT2D eigenvalue weighted by Gasteiger charge is 2.08. The van der Waals surface area contributed by atoms with E-state index in [0.29, 0.717) is 12.2 Å². The zero-order valence-corrected chi connectivity index (χ0v) is 20.6. The van der Waals surface area contributed by atoms with E-state index in [0.717, 1.165) is 43.2 Å². The van der Waals surface area contributed by atoms with Crippen molar-refractivity contribution in [3.63, 3.8) is 0 Å². The summed E-state index contributed by atoms with van der Waals surface area (Å²) in [5, 5.41) is 6.60. The molecule has 7 heteroatoms. The molecule has 1 amide bonds. The van der Waals surface area contributed by atoms with E-state index >= 15 is 0 Å². The van der Waals surface area contributed by atoms with Gasteiger partial charge in [0.2, 0.25) is 0 Å². The fourth-order valence-electron chi connectivity index (χ4n) is 2.77. The fraction of sp³-hybridized carbons (Fsp3) is 0.391. The number of rotatable bonds is 9. The van der Waals surface area contributed by atoms with E-state index in [2.05, 4.69) is 22.5 Å². The number of guanidine groups is 1. The Balaban J connectivity index is 0.00000450. The van der Waals surface area contributed by atoms with E-state index in [4.69, 9.17) is 4.74 Å². The lowest BCUT2D eigenvalue weighted by Crippen LogP contribution is -2.39. The number of aliphatic imine (C=N–C) groups is 1. The number of hydrogen-bond acceptors (Lipinski definition) is 3. The predicted octanol–water partition coefficient (Wildman–Crippen LogP) is 3.49. The smallest absolute Gasteiger partial charge is 0.253 e. The monoisotopic (exact) mass is 524 g/mol. The Labute approximate surface area is 197 Å². The average molecular weight is 524 g/mol. The number of carbonyl (C=O) groups is 1. The lowest BCUT2D eigenvalue weighted by Gasteiger charge is -2.13. The zero-order valence-electron chi connectivity index (χ0n) is 18.3. The van der Waals surface area contributed by atoms with Gasteiger partial charge in [0.1, 0.15) is 5.75 Å². The topological polar surface area (TPSA) is 66.0 Å². The molecule has 0 bridgehead atoms. The van der Waals surface area contributed by atoms with Crippen molar-refractivity contribution in [2.75, 3.05) is 40.8 Å². The van der Waals surface area contributed by atoms with Crippen LogP contribution < -0.4 is 15.4 Å². The first kappa shape index (κ1) is 25.7. The Kier molecular flexibility index (Phi) is 11.9. The molecule has 0 saturated carbocycles. The molecule has 0 saturated heterocycles. The van der Waals surface area contributed by atoms with Gasteiger partial charge in [-0.15, -0.1) is 24.0 Å². The van der Waals surface area contributed by atoms with Gasteiger partial charge in [-0.1, -0.05) is 29.8 Å². The first-order valence-corrected chi connectivity index (χ1v) is 9.94. The number of hydrogen-bond donors (Lipinski definition) is 2. The van der Waals surface area contributed by atoms with Crippen molar-refractivity contribution in [3.05, 3.63) is 65.2 Å². The first-order chi connectivity index (χ1) is 14.0. The number of halogens is 1. The zero-order chi connectivity index (χ0) is 21.1. The maximum atomic E-state index is 12.1. The van der Waals surface area contributed by atoms with Crippen molar-refractivity contribution in [3.8, 4) is 5.75 Å². The molecule has 0 aliphatic rings. The molecule has 0 radical (unpaired) electrons. The second kappa shape index (κ2) is 13.8. The minimum atomic E-state index is 0. The Morgan fingerprint density at radius 2 is 1.77 bits per heavy atom. The summed E-state index contributed by atoms with van der Waals surface area (Å²) in [7, 11) is 5.28. The number of amides is 1. The van der Waals surface area contributed by atoms with Gasteiger partial charge in [0.05, 0.1) is 6.61 Å². The number of nitrogens with zero attached hydrogens (tertiary/aromatic N) is 2. The summed E-state index contributed by atoms with van der Waals surface area (Å²) in [4.78, 5) is 17.9. The number of benzene rings is 2. The van der Waals surface area contributed by atoms with Crippen LogP contribution >= 0.6 is 24.0 Å². The van der Waals surface area contributed by atoms with Gasteiger partial charge in [0.25, 0.3) is 5.91 Å². The van der Waals surface area contributed by atoms with E-state index in [9.17, 15) is 4.79 Å². The quantitative estimate of drug-likeness (QED) is 0.228. The van der Waals surface area contributed by atoms with Crippen LogP contribution in [0, 0.1) is 6.92 Å². The van der Waals surface area contributed by atoms with Gasteiger partial charge in [-0.25, -0.2) is 0 Å². The second-order valence-corrected chi connectivity index (χ2v) is 7.09. The molecule has 0 aliphatic carbocycles. The highest BCUT2D eigenvalue weighted by molar-refractivity contribution is 14.0. The third-order valence-electron chi connectivity index (χ3n) is 4.41. The summed E-state index contributed by atoms with van der Waals surface area (Å²) in [5.74, 6) is 1.68. The van der Waals surface area contributed by atoms with Crippen LogP contribution in [0.25, 0.3) is 0 Å². The molecule has 0 heterocycles. The molecule has 0 atom stereocenters. The van der Waals surface area contributed by atoms with Gasteiger partial charge in [0, 0.05) is 39.8 Å². The first-order valence-electron chi connectivity index (χ1n) is 9.94. The highest BCUT2D eigenvalue weighted by Crippen LogP contribution is 2.11. The lowest BCUT2D eigenvalue weighted by atomic mass is 10.1. The summed E-state index contributed by atoms with van der Waals surface area (Å²) in [6, 6.07) is 15.8. The molecule has 30 heavy (non-hydrogen) atoms. The lowest BCUT2D eigenvalue weighted by molar-refractivity contribution is 0.0827. The average Bonchev–Trinajstić information content (AvgIpc) is 2.73. The number of aryl methyl sites for hydroxylation is 1. The molecule has 0 unspecified atom stereocenters. The Morgan fingerprint density at radius 3 is 2.43 bits per heavy atom. The summed E-state index contributed by atoms with van der Waals surface area (Å²) < 4.78 is 5.73. The Morgan fingerprint density at radius 1 is 1.07 bits per heavy atom. The van der Waals surface area contributed by atoms with Crippen LogP contribution in [-0.2, 0) is 6.42 Å². The second-order valence-electron chi connectivity index (χ2n) is 7.09. The van der Waals surface area contributed by atoms with Crippen molar-refractivity contribution in [2.45, 2.75) is 19.8 Å². The molecule has 2 N–H and O–H groups in total. The van der Waals surface area contributed by atoms with Gasteiger partial charge in [-0.05, 0) is 49.6 Å². The maximum absolute atomic E-state index is 12.1. The molecule has 0 aromatic heterocycles. The number of carbonyl (C=O) groups excluding carboxylic acids is 1. The Bertz CT molecular complexity index is 807. The maximum Gasteiger partial charge on any atom is 0.253 e. The molecule has 6 nitrogen and oxygen atoms in total. The van der Waals surface area contributed by atoms with Crippen molar-refractivity contribution in [2.24, 2.45) is 4.99 Å². The van der Waals surface area contributed by atoms with E-state index in [1.54, 1.807) is 26.0 Å². The summed E-state index contributed by atoms with van der Waals surface area (Å²) in [6.07, 6.45) is 1.69. The van der Waals surface area contributed by atoms with E-state index in [-0.39, 0.29) is 29.9 Å². The molecule has 2 aromatic rings. The van der Waals surface area contributed by atoms with Crippen molar-refractivity contribution < 1.29 is 9.53 Å². The van der Waals surface area contributed by atoms with Crippen molar-refractivity contribution in [1.29, 1.82) is 0 Å². The molecule has 0 spiro atoms. The van der Waals surface area contributed by atoms with Crippen LogP contribution in [-0.4, -0.2) is 57.6 Å². The van der Waals surface area contributed by atoms with Crippen molar-refractivity contribution in [1.82, 2.24) is 15.5 Å². The Hall–Kier alpha value is -2.29. The minimum absolute atomic E-state index is 0. The summed E-state index contributed by atoms with van der Waals surface area (Å²) >= 11 is 0. The minimum Gasteiger partial charge on any atom is -0.494 e. The highest BCUT2D eigenvalue weighted by atomic mass is 127. The van der Waals surface area contributed by atoms with Crippen LogP contribution in [0.2, 0.25) is 0 Å². The molecule has 2 aromatic carbocycles. The molecule has 0 aliphatic heterocycles. The molecular weight excluding hydrogens is 491 g/mol. The van der Waals surface area contributed by atoms with Crippen LogP contribution in [0.15, 0.2) is 53.5 Å². The van der Waals surface area contributed by atoms with Gasteiger partial charge in [0.15, 0.2) is 5.96 Å². The van der Waals surface area contributed by atoms with Crippen LogP contribution in [0.4, 0.5) is 0 Å². The molecular formula is C23H33IN4O2. The van der Waals surface area contributed by atoms with Crippen molar-refractivity contribution >= 4 is 35.8 Å². The summed E-state index contributed by atoms with van der Waals surface area (Å²) in [5.41, 5.74) is 3.06.